The maximum absolute atomic E-state index is 6.25. The van der Waals surface area contributed by atoms with Crippen molar-refractivity contribution < 1.29 is 4.74 Å². The molecule has 0 aliphatic carbocycles. The lowest BCUT2D eigenvalue weighted by atomic mass is 10.1. The van der Waals surface area contributed by atoms with Crippen molar-refractivity contribution in [1.82, 2.24) is 10.3 Å². The first-order valence-electron chi connectivity index (χ1n) is 7.08. The fourth-order valence-corrected chi connectivity index (χ4v) is 2.41. The van der Waals surface area contributed by atoms with Crippen LogP contribution in [0.3, 0.4) is 0 Å². The Morgan fingerprint density at radius 3 is 2.67 bits per heavy atom. The van der Waals surface area contributed by atoms with Crippen LogP contribution in [0.1, 0.15) is 11.7 Å². The van der Waals surface area contributed by atoms with Gasteiger partial charge in [-0.2, -0.15) is 0 Å². The van der Waals surface area contributed by atoms with Gasteiger partial charge in [0.2, 0.25) is 0 Å². The Hall–Kier alpha value is -2.39. The Kier molecular flexibility index (Phi) is 4.12. The molecule has 2 aromatic carbocycles. The quantitative estimate of drug-likeness (QED) is 0.774. The van der Waals surface area contributed by atoms with Crippen LogP contribution in [-0.2, 0) is 0 Å². The van der Waals surface area contributed by atoms with Crippen molar-refractivity contribution in [3.63, 3.8) is 0 Å². The molecule has 1 heterocycles. The summed E-state index contributed by atoms with van der Waals surface area (Å²) < 4.78 is 6.25. The molecule has 0 spiro atoms. The van der Waals surface area contributed by atoms with E-state index in [0.29, 0.717) is 0 Å². The molecule has 3 heteroatoms. The van der Waals surface area contributed by atoms with E-state index in [4.69, 9.17) is 4.74 Å². The molecule has 3 rings (SSSR count). The lowest BCUT2D eigenvalue weighted by molar-refractivity contribution is 0.207. The predicted molar refractivity (Wildman–Crippen MR) is 85.5 cm³/mol. The zero-order valence-electron chi connectivity index (χ0n) is 12.0. The largest absolute Gasteiger partial charge is 0.484 e. The zero-order valence-corrected chi connectivity index (χ0v) is 12.0. The Bertz CT molecular complexity index is 707. The van der Waals surface area contributed by atoms with Gasteiger partial charge in [0.15, 0.2) is 0 Å². The minimum absolute atomic E-state index is 0.0259. The molecule has 0 fully saturated rings. The molecule has 1 aromatic heterocycles. The third-order valence-corrected chi connectivity index (χ3v) is 3.44. The molecule has 21 heavy (non-hydrogen) atoms. The lowest BCUT2D eigenvalue weighted by Crippen LogP contribution is -2.22. The highest BCUT2D eigenvalue weighted by Gasteiger charge is 2.13. The molecular formula is C18H18N2O. The van der Waals surface area contributed by atoms with E-state index in [0.717, 1.165) is 28.8 Å². The first-order valence-corrected chi connectivity index (χ1v) is 7.08. The smallest absolute Gasteiger partial charge is 0.136 e. The average Bonchev–Trinajstić information content (AvgIpc) is 2.55. The van der Waals surface area contributed by atoms with Crippen LogP contribution in [0.25, 0.3) is 10.9 Å². The lowest BCUT2D eigenvalue weighted by Gasteiger charge is -2.20. The molecule has 0 saturated carbocycles. The summed E-state index contributed by atoms with van der Waals surface area (Å²) in [6.07, 6.45) is 1.77. The normalized spacial score (nSPS) is 12.2. The number of likely N-dealkylation sites (N-methyl/N-ethyl adjacent to an activating group) is 1. The molecule has 1 atom stereocenters. The molecule has 0 radical (unpaired) electrons. The van der Waals surface area contributed by atoms with Crippen molar-refractivity contribution in [3.05, 3.63) is 72.4 Å². The summed E-state index contributed by atoms with van der Waals surface area (Å²) in [5, 5.41) is 4.23. The Balaban J connectivity index is 1.95. The van der Waals surface area contributed by atoms with Gasteiger partial charge in [-0.3, -0.25) is 4.98 Å². The van der Waals surface area contributed by atoms with Gasteiger partial charge in [-0.25, -0.2) is 0 Å². The number of fused-ring (bicyclic) bond motifs is 1. The van der Waals surface area contributed by atoms with Crippen LogP contribution in [-0.4, -0.2) is 18.6 Å². The third-order valence-electron chi connectivity index (χ3n) is 3.44. The molecule has 1 N–H and O–H groups in total. The highest BCUT2D eigenvalue weighted by Crippen LogP contribution is 2.28. The molecular weight excluding hydrogens is 260 g/mol. The van der Waals surface area contributed by atoms with Crippen molar-refractivity contribution in [2.75, 3.05) is 13.6 Å². The van der Waals surface area contributed by atoms with Crippen LogP contribution >= 0.6 is 0 Å². The van der Waals surface area contributed by atoms with Gasteiger partial charge in [0.25, 0.3) is 0 Å². The van der Waals surface area contributed by atoms with Gasteiger partial charge in [-0.05, 0) is 36.9 Å². The number of aromatic nitrogens is 1. The van der Waals surface area contributed by atoms with Gasteiger partial charge < -0.3 is 10.1 Å². The minimum atomic E-state index is -0.0259. The molecule has 3 nitrogen and oxygen atoms in total. The summed E-state index contributed by atoms with van der Waals surface area (Å²) in [5.41, 5.74) is 2.11. The summed E-state index contributed by atoms with van der Waals surface area (Å²) in [7, 11) is 1.93. The molecule has 0 aliphatic heterocycles. The SMILES string of the molecule is CNCC(Oc1cccc2ncccc12)c1ccccc1. The summed E-state index contributed by atoms with van der Waals surface area (Å²) >= 11 is 0. The molecule has 0 aliphatic rings. The topological polar surface area (TPSA) is 34.1 Å². The van der Waals surface area contributed by atoms with Crippen molar-refractivity contribution in [1.29, 1.82) is 0 Å². The van der Waals surface area contributed by atoms with Crippen LogP contribution in [0.4, 0.5) is 0 Å². The zero-order chi connectivity index (χ0) is 14.5. The van der Waals surface area contributed by atoms with Crippen molar-refractivity contribution in [3.8, 4) is 5.75 Å². The van der Waals surface area contributed by atoms with Gasteiger partial charge in [0.1, 0.15) is 11.9 Å². The van der Waals surface area contributed by atoms with Gasteiger partial charge in [0.05, 0.1) is 5.52 Å². The molecule has 3 aromatic rings. The number of hydrogen-bond acceptors (Lipinski definition) is 3. The second-order valence-corrected chi connectivity index (χ2v) is 4.90. The molecule has 0 amide bonds. The molecule has 1 unspecified atom stereocenters. The number of nitrogens with one attached hydrogen (secondary N) is 1. The Labute approximate surface area is 124 Å². The monoisotopic (exact) mass is 278 g/mol. The molecule has 0 bridgehead atoms. The summed E-state index contributed by atoms with van der Waals surface area (Å²) in [4.78, 5) is 4.37. The number of hydrogen-bond donors (Lipinski definition) is 1. The van der Waals surface area contributed by atoms with Crippen molar-refractivity contribution in [2.45, 2.75) is 6.10 Å². The number of pyridine rings is 1. The van der Waals surface area contributed by atoms with E-state index in [1.165, 1.54) is 0 Å². The van der Waals surface area contributed by atoms with E-state index >= 15 is 0 Å². The van der Waals surface area contributed by atoms with Crippen LogP contribution in [0, 0.1) is 0 Å². The van der Waals surface area contributed by atoms with E-state index in [-0.39, 0.29) is 6.10 Å². The van der Waals surface area contributed by atoms with Gasteiger partial charge in [-0.15, -0.1) is 0 Å². The number of nitrogens with zero attached hydrogens (tertiary/aromatic N) is 1. The van der Waals surface area contributed by atoms with Crippen LogP contribution in [0.15, 0.2) is 66.9 Å². The van der Waals surface area contributed by atoms with Crippen molar-refractivity contribution >= 4 is 10.9 Å². The second kappa shape index (κ2) is 6.37. The summed E-state index contributed by atoms with van der Waals surface area (Å²) in [6.45, 7) is 0.751. The Morgan fingerprint density at radius 2 is 1.86 bits per heavy atom. The van der Waals surface area contributed by atoms with Crippen LogP contribution < -0.4 is 10.1 Å². The van der Waals surface area contributed by atoms with E-state index < -0.39 is 0 Å². The maximum Gasteiger partial charge on any atom is 0.136 e. The maximum atomic E-state index is 6.25. The summed E-state index contributed by atoms with van der Waals surface area (Å²) in [6, 6.07) is 20.2. The van der Waals surface area contributed by atoms with Crippen LogP contribution in [0.2, 0.25) is 0 Å². The fourth-order valence-electron chi connectivity index (χ4n) is 2.41. The fraction of sp³-hybridized carbons (Fsp3) is 0.167. The van der Waals surface area contributed by atoms with Crippen LogP contribution in [0.5, 0.6) is 5.75 Å². The first-order chi connectivity index (χ1) is 10.4. The highest BCUT2D eigenvalue weighted by atomic mass is 16.5. The van der Waals surface area contributed by atoms with Gasteiger partial charge in [0, 0.05) is 18.1 Å². The van der Waals surface area contributed by atoms with Gasteiger partial charge in [-0.1, -0.05) is 36.4 Å². The first kappa shape index (κ1) is 13.6. The third kappa shape index (κ3) is 3.03. The number of benzene rings is 2. The number of ether oxygens (including phenoxy) is 1. The van der Waals surface area contributed by atoms with Gasteiger partial charge >= 0.3 is 0 Å². The van der Waals surface area contributed by atoms with E-state index in [1.54, 1.807) is 6.20 Å². The average molecular weight is 278 g/mol. The van der Waals surface area contributed by atoms with E-state index in [9.17, 15) is 0 Å². The van der Waals surface area contributed by atoms with Crippen molar-refractivity contribution in [2.24, 2.45) is 0 Å². The standard InChI is InChI=1S/C18H18N2O/c1-19-13-18(14-7-3-2-4-8-14)21-17-11-5-10-16-15(17)9-6-12-20-16/h2-12,18-19H,13H2,1H3. The Morgan fingerprint density at radius 1 is 1.00 bits per heavy atom. The second-order valence-electron chi connectivity index (χ2n) is 4.90. The van der Waals surface area contributed by atoms with E-state index in [1.807, 2.05) is 55.6 Å². The van der Waals surface area contributed by atoms with E-state index in [2.05, 4.69) is 22.4 Å². The predicted octanol–water partition coefficient (Wildman–Crippen LogP) is 3.57. The number of rotatable bonds is 5. The minimum Gasteiger partial charge on any atom is -0.484 e. The summed E-state index contributed by atoms with van der Waals surface area (Å²) in [5.74, 6) is 0.865. The molecule has 106 valence electrons. The molecule has 0 saturated heterocycles. The highest BCUT2D eigenvalue weighted by molar-refractivity contribution is 5.84.